The molecule has 0 amide bonds. The van der Waals surface area contributed by atoms with Gasteiger partial charge in [-0.15, -0.1) is 0 Å². The van der Waals surface area contributed by atoms with Gasteiger partial charge in [0, 0.05) is 11.1 Å². The molecule has 3 heteroatoms. The Bertz CT molecular complexity index is 761. The predicted octanol–water partition coefficient (Wildman–Crippen LogP) is 4.14. The Morgan fingerprint density at radius 1 is 1.14 bits per heavy atom. The van der Waals surface area contributed by atoms with Gasteiger partial charge in [0.25, 0.3) is 0 Å². The van der Waals surface area contributed by atoms with Gasteiger partial charge in [0.1, 0.15) is 17.4 Å². The van der Waals surface area contributed by atoms with E-state index >= 15 is 0 Å². The first-order chi connectivity index (χ1) is 10.2. The highest BCUT2D eigenvalue weighted by Gasteiger charge is 2.19. The standard InChI is InChI=1S/C18H20N2O/c1-4-19-17(15-10-6-8-13(3)20-15)16-11-14-9-5-7-12(2)18(14)21-16/h5-11,17,19H,4H2,1-3H3. The van der Waals surface area contributed by atoms with Crippen LogP contribution in [-0.2, 0) is 0 Å². The molecule has 0 aliphatic carbocycles. The van der Waals surface area contributed by atoms with Crippen molar-refractivity contribution in [3.8, 4) is 0 Å². The Morgan fingerprint density at radius 2 is 1.95 bits per heavy atom. The van der Waals surface area contributed by atoms with E-state index in [9.17, 15) is 0 Å². The van der Waals surface area contributed by atoms with E-state index < -0.39 is 0 Å². The maximum Gasteiger partial charge on any atom is 0.137 e. The number of para-hydroxylation sites is 1. The van der Waals surface area contributed by atoms with Gasteiger partial charge in [-0.2, -0.15) is 0 Å². The van der Waals surface area contributed by atoms with Crippen molar-refractivity contribution in [3.63, 3.8) is 0 Å². The molecule has 3 nitrogen and oxygen atoms in total. The normalized spacial score (nSPS) is 12.7. The number of nitrogens with one attached hydrogen (secondary N) is 1. The number of hydrogen-bond acceptors (Lipinski definition) is 3. The highest BCUT2D eigenvalue weighted by molar-refractivity contribution is 5.81. The molecular weight excluding hydrogens is 260 g/mol. The van der Waals surface area contributed by atoms with Crippen molar-refractivity contribution in [2.24, 2.45) is 0 Å². The van der Waals surface area contributed by atoms with Crippen molar-refractivity contribution < 1.29 is 4.42 Å². The molecular formula is C18H20N2O. The fourth-order valence-corrected chi connectivity index (χ4v) is 2.65. The number of benzene rings is 1. The van der Waals surface area contributed by atoms with Crippen LogP contribution in [0.25, 0.3) is 11.0 Å². The van der Waals surface area contributed by atoms with Crippen LogP contribution in [0.15, 0.2) is 46.9 Å². The van der Waals surface area contributed by atoms with Gasteiger partial charge in [0.15, 0.2) is 0 Å². The van der Waals surface area contributed by atoms with Crippen molar-refractivity contribution in [2.75, 3.05) is 6.54 Å². The minimum Gasteiger partial charge on any atom is -0.459 e. The molecule has 0 aliphatic heterocycles. The van der Waals surface area contributed by atoms with Crippen LogP contribution in [0.4, 0.5) is 0 Å². The van der Waals surface area contributed by atoms with E-state index in [1.165, 1.54) is 0 Å². The largest absolute Gasteiger partial charge is 0.459 e. The van der Waals surface area contributed by atoms with Gasteiger partial charge in [-0.3, -0.25) is 4.98 Å². The molecule has 0 fully saturated rings. The molecule has 21 heavy (non-hydrogen) atoms. The molecule has 3 rings (SSSR count). The molecule has 0 spiro atoms. The Kier molecular flexibility index (Phi) is 3.76. The second-order valence-corrected chi connectivity index (χ2v) is 5.34. The van der Waals surface area contributed by atoms with E-state index in [4.69, 9.17) is 4.42 Å². The zero-order valence-electron chi connectivity index (χ0n) is 12.7. The summed E-state index contributed by atoms with van der Waals surface area (Å²) in [6.07, 6.45) is 0. The van der Waals surface area contributed by atoms with Crippen LogP contribution in [0.3, 0.4) is 0 Å². The summed E-state index contributed by atoms with van der Waals surface area (Å²) in [4.78, 5) is 4.64. The summed E-state index contributed by atoms with van der Waals surface area (Å²) in [6.45, 7) is 7.03. The summed E-state index contributed by atoms with van der Waals surface area (Å²) in [5, 5.41) is 4.61. The Morgan fingerprint density at radius 3 is 2.67 bits per heavy atom. The van der Waals surface area contributed by atoms with Gasteiger partial charge in [-0.1, -0.05) is 31.2 Å². The van der Waals surface area contributed by atoms with Crippen LogP contribution in [0.2, 0.25) is 0 Å². The summed E-state index contributed by atoms with van der Waals surface area (Å²) in [5.74, 6) is 0.916. The first-order valence-electron chi connectivity index (χ1n) is 7.35. The Balaban J connectivity index is 2.09. The van der Waals surface area contributed by atoms with E-state index in [0.717, 1.165) is 40.2 Å². The van der Waals surface area contributed by atoms with Crippen molar-refractivity contribution in [1.29, 1.82) is 0 Å². The molecule has 0 bridgehead atoms. The fraction of sp³-hybridized carbons (Fsp3) is 0.278. The highest BCUT2D eigenvalue weighted by Crippen LogP contribution is 2.29. The quantitative estimate of drug-likeness (QED) is 0.780. The van der Waals surface area contributed by atoms with Crippen LogP contribution in [0, 0.1) is 13.8 Å². The molecule has 1 N–H and O–H groups in total. The monoisotopic (exact) mass is 280 g/mol. The van der Waals surface area contributed by atoms with Gasteiger partial charge in [0.05, 0.1) is 5.69 Å². The van der Waals surface area contributed by atoms with Gasteiger partial charge in [0.2, 0.25) is 0 Å². The van der Waals surface area contributed by atoms with Crippen molar-refractivity contribution in [3.05, 3.63) is 65.2 Å². The van der Waals surface area contributed by atoms with Gasteiger partial charge in [-0.25, -0.2) is 0 Å². The fourth-order valence-electron chi connectivity index (χ4n) is 2.65. The zero-order chi connectivity index (χ0) is 14.8. The van der Waals surface area contributed by atoms with Crippen LogP contribution >= 0.6 is 0 Å². The van der Waals surface area contributed by atoms with Crippen molar-refractivity contribution in [2.45, 2.75) is 26.8 Å². The average Bonchev–Trinajstić information content (AvgIpc) is 2.90. The molecule has 0 saturated heterocycles. The number of rotatable bonds is 4. The third-order valence-corrected chi connectivity index (χ3v) is 3.66. The van der Waals surface area contributed by atoms with E-state index in [2.05, 4.69) is 48.4 Å². The first-order valence-corrected chi connectivity index (χ1v) is 7.35. The molecule has 3 aromatic rings. The lowest BCUT2D eigenvalue weighted by atomic mass is 10.1. The second kappa shape index (κ2) is 5.70. The third kappa shape index (κ3) is 2.69. The summed E-state index contributed by atoms with van der Waals surface area (Å²) < 4.78 is 6.11. The van der Waals surface area contributed by atoms with E-state index in [-0.39, 0.29) is 6.04 Å². The molecule has 0 radical (unpaired) electrons. The van der Waals surface area contributed by atoms with Crippen molar-refractivity contribution in [1.82, 2.24) is 10.3 Å². The molecule has 0 saturated carbocycles. The Labute approximate surface area is 125 Å². The maximum absolute atomic E-state index is 6.11. The molecule has 1 atom stereocenters. The minimum absolute atomic E-state index is 0.0123. The molecule has 0 aliphatic rings. The molecule has 1 aromatic carbocycles. The number of furan rings is 1. The number of nitrogens with zero attached hydrogens (tertiary/aromatic N) is 1. The maximum atomic E-state index is 6.11. The molecule has 2 aromatic heterocycles. The second-order valence-electron chi connectivity index (χ2n) is 5.34. The lowest BCUT2D eigenvalue weighted by molar-refractivity contribution is 0.470. The number of pyridine rings is 1. The first kappa shape index (κ1) is 13.8. The Hall–Kier alpha value is -2.13. The zero-order valence-corrected chi connectivity index (χ0v) is 12.7. The van der Waals surface area contributed by atoms with Gasteiger partial charge >= 0.3 is 0 Å². The van der Waals surface area contributed by atoms with Crippen LogP contribution < -0.4 is 5.32 Å². The van der Waals surface area contributed by atoms with Crippen molar-refractivity contribution >= 4 is 11.0 Å². The molecule has 108 valence electrons. The summed E-state index contributed by atoms with van der Waals surface area (Å²) >= 11 is 0. The van der Waals surface area contributed by atoms with Gasteiger partial charge < -0.3 is 9.73 Å². The number of hydrogen-bond donors (Lipinski definition) is 1. The summed E-state index contributed by atoms with van der Waals surface area (Å²) in [5.41, 5.74) is 4.13. The summed E-state index contributed by atoms with van der Waals surface area (Å²) in [6, 6.07) is 14.4. The van der Waals surface area contributed by atoms with E-state index in [1.54, 1.807) is 0 Å². The number of fused-ring (bicyclic) bond motifs is 1. The number of aryl methyl sites for hydroxylation is 2. The topological polar surface area (TPSA) is 38.1 Å². The lowest BCUT2D eigenvalue weighted by Crippen LogP contribution is -2.22. The average molecular weight is 280 g/mol. The predicted molar refractivity (Wildman–Crippen MR) is 85.4 cm³/mol. The number of aromatic nitrogens is 1. The van der Waals surface area contributed by atoms with E-state index in [1.807, 2.05) is 25.1 Å². The van der Waals surface area contributed by atoms with Gasteiger partial charge in [-0.05, 0) is 44.2 Å². The van der Waals surface area contributed by atoms with Crippen LogP contribution in [0.5, 0.6) is 0 Å². The molecule has 1 unspecified atom stereocenters. The lowest BCUT2D eigenvalue weighted by Gasteiger charge is -2.15. The highest BCUT2D eigenvalue weighted by atomic mass is 16.3. The van der Waals surface area contributed by atoms with Crippen LogP contribution in [0.1, 0.15) is 35.7 Å². The minimum atomic E-state index is -0.0123. The van der Waals surface area contributed by atoms with E-state index in [0.29, 0.717) is 0 Å². The SMILES string of the molecule is CCNC(c1cccc(C)n1)c1cc2cccc(C)c2o1. The third-order valence-electron chi connectivity index (χ3n) is 3.66. The van der Waals surface area contributed by atoms with Crippen LogP contribution in [-0.4, -0.2) is 11.5 Å². The smallest absolute Gasteiger partial charge is 0.137 e. The molecule has 2 heterocycles. The summed E-state index contributed by atoms with van der Waals surface area (Å²) in [7, 11) is 0.